The quantitative estimate of drug-likeness (QED) is 0.893. The summed E-state index contributed by atoms with van der Waals surface area (Å²) < 4.78 is 5.70. The third kappa shape index (κ3) is 3.94. The molecule has 0 aliphatic carbocycles. The van der Waals surface area contributed by atoms with Gasteiger partial charge in [-0.15, -0.1) is 0 Å². The van der Waals surface area contributed by atoms with Gasteiger partial charge in [-0.1, -0.05) is 12.1 Å². The molecule has 0 radical (unpaired) electrons. The minimum atomic E-state index is -0.315. The number of para-hydroxylation sites is 1. The Labute approximate surface area is 153 Å². The van der Waals surface area contributed by atoms with Crippen LogP contribution in [0.25, 0.3) is 10.9 Å². The van der Waals surface area contributed by atoms with E-state index in [1.54, 1.807) is 6.07 Å². The van der Waals surface area contributed by atoms with E-state index in [4.69, 9.17) is 4.74 Å². The number of rotatable bonds is 4. The molecule has 0 saturated carbocycles. The Bertz CT molecular complexity index is 840. The molecule has 1 saturated heterocycles. The van der Waals surface area contributed by atoms with E-state index in [2.05, 4.69) is 9.97 Å². The second-order valence-electron chi connectivity index (χ2n) is 7.12. The summed E-state index contributed by atoms with van der Waals surface area (Å²) in [4.78, 5) is 36.1. The van der Waals surface area contributed by atoms with E-state index in [9.17, 15) is 9.59 Å². The average molecular weight is 358 g/mol. The molecule has 1 aromatic heterocycles. The number of carbonyl (C=O) groups is 1. The smallest absolute Gasteiger partial charge is 0.258 e. The number of likely N-dealkylation sites (N-methyl/N-ethyl adjacent to an activating group) is 1. The molecule has 1 aliphatic heterocycles. The molecule has 1 N–H and O–H groups in total. The number of nitrogens with one attached hydrogen (secondary N) is 1. The normalized spacial score (nSPS) is 22.0. The van der Waals surface area contributed by atoms with Crippen molar-refractivity contribution in [3.8, 4) is 0 Å². The number of morpholine rings is 1. The van der Waals surface area contributed by atoms with Gasteiger partial charge >= 0.3 is 0 Å². The Morgan fingerprint density at radius 1 is 1.35 bits per heavy atom. The molecule has 3 unspecified atom stereocenters. The topological polar surface area (TPSA) is 78.5 Å². The van der Waals surface area contributed by atoms with Gasteiger partial charge in [0, 0.05) is 13.1 Å². The van der Waals surface area contributed by atoms with Crippen LogP contribution in [0.4, 0.5) is 0 Å². The first-order valence-corrected chi connectivity index (χ1v) is 8.97. The summed E-state index contributed by atoms with van der Waals surface area (Å²) in [6.07, 6.45) is 0.0810. The summed E-state index contributed by atoms with van der Waals surface area (Å²) in [6.45, 7) is 7.44. The van der Waals surface area contributed by atoms with E-state index >= 15 is 0 Å². The molecule has 7 nitrogen and oxygen atoms in total. The van der Waals surface area contributed by atoms with E-state index in [1.807, 2.05) is 55.8 Å². The summed E-state index contributed by atoms with van der Waals surface area (Å²) in [5.41, 5.74) is 0.503. The highest BCUT2D eigenvalue weighted by molar-refractivity contribution is 5.81. The zero-order valence-electron chi connectivity index (χ0n) is 15.7. The number of benzene rings is 1. The number of nitrogens with zero attached hydrogens (tertiary/aromatic N) is 3. The summed E-state index contributed by atoms with van der Waals surface area (Å²) in [7, 11) is 1.87. The van der Waals surface area contributed by atoms with E-state index < -0.39 is 0 Å². The highest BCUT2D eigenvalue weighted by Gasteiger charge is 2.30. The number of amides is 1. The molecule has 3 atom stereocenters. The predicted octanol–water partition coefficient (Wildman–Crippen LogP) is 1.38. The SMILES string of the molecule is CC1CN(C(=O)C(C)N(C)Cc2nc3ccccc3c(=O)[nH]2)CC(C)O1. The molecule has 0 bridgehead atoms. The van der Waals surface area contributed by atoms with Crippen LogP contribution in [0.15, 0.2) is 29.1 Å². The fourth-order valence-electron chi connectivity index (χ4n) is 3.39. The van der Waals surface area contributed by atoms with Crippen LogP contribution in [0.2, 0.25) is 0 Å². The van der Waals surface area contributed by atoms with Crippen LogP contribution in [0, 0.1) is 0 Å². The summed E-state index contributed by atoms with van der Waals surface area (Å²) in [5, 5.41) is 0.569. The third-order valence-electron chi connectivity index (χ3n) is 4.81. The number of aromatic nitrogens is 2. The highest BCUT2D eigenvalue weighted by Crippen LogP contribution is 2.14. The van der Waals surface area contributed by atoms with Crippen molar-refractivity contribution in [3.63, 3.8) is 0 Å². The van der Waals surface area contributed by atoms with Crippen molar-refractivity contribution in [3.05, 3.63) is 40.4 Å². The zero-order valence-corrected chi connectivity index (χ0v) is 15.7. The largest absolute Gasteiger partial charge is 0.372 e. The summed E-state index contributed by atoms with van der Waals surface area (Å²) >= 11 is 0. The molecule has 1 aliphatic rings. The molecule has 26 heavy (non-hydrogen) atoms. The van der Waals surface area contributed by atoms with Gasteiger partial charge in [-0.2, -0.15) is 0 Å². The molecule has 3 rings (SSSR count). The lowest BCUT2D eigenvalue weighted by Gasteiger charge is -2.38. The molecular formula is C19H26N4O3. The van der Waals surface area contributed by atoms with Gasteiger partial charge in [-0.3, -0.25) is 14.5 Å². The molecule has 140 valence electrons. The molecular weight excluding hydrogens is 332 g/mol. The molecule has 0 spiro atoms. The number of carbonyl (C=O) groups excluding carboxylic acids is 1. The maximum atomic E-state index is 12.8. The van der Waals surface area contributed by atoms with Crippen LogP contribution >= 0.6 is 0 Å². The van der Waals surface area contributed by atoms with Crippen LogP contribution in [0.1, 0.15) is 26.6 Å². The van der Waals surface area contributed by atoms with Gasteiger partial charge in [0.2, 0.25) is 5.91 Å². The van der Waals surface area contributed by atoms with Crippen molar-refractivity contribution in [2.45, 2.75) is 45.6 Å². The average Bonchev–Trinajstić information content (AvgIpc) is 2.59. The second-order valence-corrected chi connectivity index (χ2v) is 7.12. The molecule has 1 amide bonds. The van der Waals surface area contributed by atoms with Crippen molar-refractivity contribution in [2.75, 3.05) is 20.1 Å². The monoisotopic (exact) mass is 358 g/mol. The van der Waals surface area contributed by atoms with E-state index in [-0.39, 0.29) is 29.7 Å². The van der Waals surface area contributed by atoms with Crippen molar-refractivity contribution in [2.24, 2.45) is 0 Å². The van der Waals surface area contributed by atoms with Gasteiger partial charge in [0.05, 0.1) is 35.7 Å². The number of H-pyrrole nitrogens is 1. The first-order valence-electron chi connectivity index (χ1n) is 8.97. The zero-order chi connectivity index (χ0) is 18.8. The number of hydrogen-bond donors (Lipinski definition) is 1. The Hall–Kier alpha value is -2.25. The molecule has 7 heteroatoms. The lowest BCUT2D eigenvalue weighted by molar-refractivity contribution is -0.148. The first-order chi connectivity index (χ1) is 12.3. The lowest BCUT2D eigenvalue weighted by Crippen LogP contribution is -2.53. The van der Waals surface area contributed by atoms with Crippen LogP contribution in [-0.4, -0.2) is 64.1 Å². The second kappa shape index (κ2) is 7.55. The lowest BCUT2D eigenvalue weighted by atomic mass is 10.2. The van der Waals surface area contributed by atoms with Gasteiger partial charge in [-0.05, 0) is 40.0 Å². The Morgan fingerprint density at radius 3 is 2.69 bits per heavy atom. The molecule has 2 heterocycles. The highest BCUT2D eigenvalue weighted by atomic mass is 16.5. The number of aromatic amines is 1. The number of fused-ring (bicyclic) bond motifs is 1. The van der Waals surface area contributed by atoms with Crippen LogP contribution in [0.5, 0.6) is 0 Å². The fourth-order valence-corrected chi connectivity index (χ4v) is 3.39. The summed E-state index contributed by atoms with van der Waals surface area (Å²) in [6, 6.07) is 6.93. The van der Waals surface area contributed by atoms with Crippen molar-refractivity contribution in [1.82, 2.24) is 19.8 Å². The maximum absolute atomic E-state index is 12.8. The van der Waals surface area contributed by atoms with Crippen LogP contribution < -0.4 is 5.56 Å². The van der Waals surface area contributed by atoms with E-state index in [1.165, 1.54) is 0 Å². The standard InChI is InChI=1S/C19H26N4O3/c1-12-9-23(10-13(2)26-12)19(25)14(3)22(4)11-17-20-16-8-6-5-7-15(16)18(24)21-17/h5-8,12-14H,9-11H2,1-4H3,(H,20,21,24). The van der Waals surface area contributed by atoms with Crippen LogP contribution in [-0.2, 0) is 16.1 Å². The predicted molar refractivity (Wildman–Crippen MR) is 99.9 cm³/mol. The molecule has 1 aromatic carbocycles. The Kier molecular flexibility index (Phi) is 5.38. The van der Waals surface area contributed by atoms with E-state index in [0.717, 1.165) is 0 Å². The van der Waals surface area contributed by atoms with Crippen LogP contribution in [0.3, 0.4) is 0 Å². The van der Waals surface area contributed by atoms with Gasteiger partial charge in [0.15, 0.2) is 0 Å². The minimum absolute atomic E-state index is 0.0405. The minimum Gasteiger partial charge on any atom is -0.372 e. The molecule has 1 fully saturated rings. The third-order valence-corrected chi connectivity index (χ3v) is 4.81. The molecule has 2 aromatic rings. The number of hydrogen-bond acceptors (Lipinski definition) is 5. The summed E-state index contributed by atoms with van der Waals surface area (Å²) in [5.74, 6) is 0.622. The number of ether oxygens (including phenoxy) is 1. The van der Waals surface area contributed by atoms with Gasteiger partial charge < -0.3 is 14.6 Å². The van der Waals surface area contributed by atoms with Crippen molar-refractivity contribution in [1.29, 1.82) is 0 Å². The van der Waals surface area contributed by atoms with Crippen molar-refractivity contribution >= 4 is 16.8 Å². The van der Waals surface area contributed by atoms with Gasteiger partial charge in [0.1, 0.15) is 5.82 Å². The maximum Gasteiger partial charge on any atom is 0.258 e. The first kappa shape index (κ1) is 18.5. The van der Waals surface area contributed by atoms with Crippen molar-refractivity contribution < 1.29 is 9.53 Å². The Morgan fingerprint density at radius 2 is 2.00 bits per heavy atom. The fraction of sp³-hybridized carbons (Fsp3) is 0.526. The van der Waals surface area contributed by atoms with E-state index in [0.29, 0.717) is 36.4 Å². The Balaban J connectivity index is 1.72. The van der Waals surface area contributed by atoms with Gasteiger partial charge in [0.25, 0.3) is 5.56 Å². The van der Waals surface area contributed by atoms with Gasteiger partial charge in [-0.25, -0.2) is 4.98 Å².